The van der Waals surface area contributed by atoms with E-state index in [2.05, 4.69) is 6.92 Å². The number of quaternary nitrogens is 1. The first-order chi connectivity index (χ1) is 18.8. The van der Waals surface area contributed by atoms with Crippen molar-refractivity contribution in [1.82, 2.24) is 0 Å². The van der Waals surface area contributed by atoms with Crippen LogP contribution < -0.4 is 5.11 Å². The van der Waals surface area contributed by atoms with Gasteiger partial charge in [0.1, 0.15) is 0 Å². The molecule has 0 radical (unpaired) electrons. The van der Waals surface area contributed by atoms with Gasteiger partial charge in [0.05, 0.1) is 39.0 Å². The van der Waals surface area contributed by atoms with E-state index in [9.17, 15) is 19.5 Å². The number of hydrogen-bond acceptors (Lipinski definition) is 4. The van der Waals surface area contributed by atoms with E-state index in [1.54, 1.807) is 0 Å². The van der Waals surface area contributed by atoms with E-state index in [1.165, 1.54) is 116 Å². The molecule has 230 valence electrons. The number of carbonyl (C=O) groups is 3. The van der Waals surface area contributed by atoms with E-state index in [0.29, 0.717) is 6.54 Å². The molecule has 0 bridgehead atoms. The average molecular weight is 556 g/mol. The molecule has 0 spiro atoms. The van der Waals surface area contributed by atoms with Gasteiger partial charge < -0.3 is 24.6 Å². The molecule has 0 aliphatic rings. The molecule has 2 N–H and O–H groups in total. The number of carboxylic acids is 3. The minimum atomic E-state index is -1.18. The van der Waals surface area contributed by atoms with Crippen molar-refractivity contribution in [3.63, 3.8) is 0 Å². The summed E-state index contributed by atoms with van der Waals surface area (Å²) in [7, 11) is 0. The van der Waals surface area contributed by atoms with Crippen molar-refractivity contribution in [3.05, 3.63) is 0 Å². The zero-order chi connectivity index (χ0) is 29.0. The Morgan fingerprint density at radius 1 is 0.462 bits per heavy atom. The second-order valence-corrected chi connectivity index (χ2v) is 11.7. The fourth-order valence-corrected chi connectivity index (χ4v) is 5.54. The molecule has 0 amide bonds. The maximum Gasteiger partial charge on any atom is 0.309 e. The van der Waals surface area contributed by atoms with Gasteiger partial charge >= 0.3 is 11.9 Å². The Bertz CT molecular complexity index is 564. The quantitative estimate of drug-likeness (QED) is 0.0696. The normalized spacial score (nSPS) is 11.6. The smallest absolute Gasteiger partial charge is 0.309 e. The van der Waals surface area contributed by atoms with Crippen molar-refractivity contribution >= 4 is 17.9 Å². The van der Waals surface area contributed by atoms with Crippen LogP contribution in [0.2, 0.25) is 0 Å². The van der Waals surface area contributed by atoms with Gasteiger partial charge in [-0.25, -0.2) is 0 Å². The highest BCUT2D eigenvalue weighted by Gasteiger charge is 2.28. The number of aliphatic carboxylic acids is 3. The van der Waals surface area contributed by atoms with Crippen LogP contribution in [0.1, 0.15) is 161 Å². The van der Waals surface area contributed by atoms with Crippen molar-refractivity contribution in [2.75, 3.05) is 26.2 Å². The lowest BCUT2D eigenvalue weighted by Gasteiger charge is -2.38. The van der Waals surface area contributed by atoms with Crippen molar-refractivity contribution in [3.8, 4) is 0 Å². The monoisotopic (exact) mass is 555 g/mol. The second-order valence-electron chi connectivity index (χ2n) is 11.7. The maximum atomic E-state index is 11.1. The molecular formula is C32H61NO6. The molecular weight excluding hydrogens is 494 g/mol. The van der Waals surface area contributed by atoms with E-state index < -0.39 is 17.9 Å². The van der Waals surface area contributed by atoms with Crippen LogP contribution in [0.15, 0.2) is 0 Å². The van der Waals surface area contributed by atoms with Crippen molar-refractivity contribution in [1.29, 1.82) is 0 Å². The van der Waals surface area contributed by atoms with Crippen LogP contribution in [-0.2, 0) is 14.4 Å². The summed E-state index contributed by atoms with van der Waals surface area (Å²) < 4.78 is 0.228. The van der Waals surface area contributed by atoms with Crippen molar-refractivity contribution in [2.45, 2.75) is 161 Å². The fraction of sp³-hybridized carbons (Fsp3) is 0.906. The third-order valence-corrected chi connectivity index (χ3v) is 8.13. The highest BCUT2D eigenvalue weighted by molar-refractivity contribution is 5.67. The summed E-state index contributed by atoms with van der Waals surface area (Å²) in [6.45, 7) is 3.63. The number of carboxylic acid groups (broad SMARTS) is 3. The Balaban J connectivity index is 3.81. The predicted octanol–water partition coefficient (Wildman–Crippen LogP) is 7.10. The third-order valence-electron chi connectivity index (χ3n) is 8.13. The summed E-state index contributed by atoms with van der Waals surface area (Å²) >= 11 is 0. The van der Waals surface area contributed by atoms with Gasteiger partial charge in [0.2, 0.25) is 0 Å². The van der Waals surface area contributed by atoms with Crippen LogP contribution in [0, 0.1) is 0 Å². The minimum Gasteiger partial charge on any atom is -0.550 e. The number of hydrogen-bond donors (Lipinski definition) is 2. The van der Waals surface area contributed by atoms with E-state index in [1.807, 2.05) is 0 Å². The Hall–Kier alpha value is -1.63. The zero-order valence-corrected chi connectivity index (χ0v) is 25.3. The number of rotatable bonds is 31. The molecule has 0 saturated carbocycles. The Morgan fingerprint density at radius 3 is 1.03 bits per heavy atom. The molecule has 0 rings (SSSR count). The van der Waals surface area contributed by atoms with Gasteiger partial charge in [-0.15, -0.1) is 0 Å². The Morgan fingerprint density at radius 2 is 0.744 bits per heavy atom. The summed E-state index contributed by atoms with van der Waals surface area (Å²) in [5.41, 5.74) is 0. The molecule has 0 aromatic heterocycles. The topological polar surface area (TPSA) is 115 Å². The number of nitrogens with zero attached hydrogens (tertiary/aromatic N) is 1. The number of unbranched alkanes of at least 4 members (excludes halogenated alkanes) is 20. The lowest BCUT2D eigenvalue weighted by molar-refractivity contribution is -0.927. The summed E-state index contributed by atoms with van der Waals surface area (Å²) in [5, 5.41) is 29.3. The molecule has 39 heavy (non-hydrogen) atoms. The Kier molecular flexibility index (Phi) is 25.5. The van der Waals surface area contributed by atoms with Gasteiger partial charge in [-0.3, -0.25) is 9.59 Å². The van der Waals surface area contributed by atoms with Crippen molar-refractivity contribution < 1.29 is 34.2 Å². The lowest BCUT2D eigenvalue weighted by Crippen LogP contribution is -2.53. The molecule has 7 nitrogen and oxygen atoms in total. The lowest BCUT2D eigenvalue weighted by atomic mass is 10.0. The molecule has 0 saturated heterocycles. The van der Waals surface area contributed by atoms with Crippen LogP contribution in [0.4, 0.5) is 0 Å². The standard InChI is InChI=1S/C32H61NO6/c1-2-3-4-5-6-7-8-9-10-11-12-13-14-15-16-17-18-19-20-21-22-26-33(27-23-30(34)35,28-24-31(36)37)29-25-32(38)39/h2-29H2,1H3,(H2-,34,35,36,37,38,39). The fourth-order valence-electron chi connectivity index (χ4n) is 5.54. The van der Waals surface area contributed by atoms with Gasteiger partial charge in [0.15, 0.2) is 0 Å². The molecule has 0 aliphatic carbocycles. The molecule has 0 aromatic rings. The highest BCUT2D eigenvalue weighted by atomic mass is 16.4. The van der Waals surface area contributed by atoms with Crippen LogP contribution >= 0.6 is 0 Å². The maximum absolute atomic E-state index is 11.1. The minimum absolute atomic E-state index is 0.0913. The van der Waals surface area contributed by atoms with E-state index in [4.69, 9.17) is 10.2 Å². The largest absolute Gasteiger partial charge is 0.550 e. The SMILES string of the molecule is CCCCCCCCCCCCCCCCCCCCCCC[N+](CCC(=O)[O-])(CCC(=O)O)CCC(=O)O. The van der Waals surface area contributed by atoms with Crippen LogP contribution in [0.3, 0.4) is 0 Å². The van der Waals surface area contributed by atoms with Gasteiger partial charge in [-0.2, -0.15) is 0 Å². The van der Waals surface area contributed by atoms with Gasteiger partial charge in [0, 0.05) is 12.4 Å². The third kappa shape index (κ3) is 26.4. The second kappa shape index (κ2) is 26.6. The van der Waals surface area contributed by atoms with Crippen molar-refractivity contribution in [2.24, 2.45) is 0 Å². The first-order valence-corrected chi connectivity index (χ1v) is 16.3. The first kappa shape index (κ1) is 37.4. The van der Waals surface area contributed by atoms with Gasteiger partial charge in [-0.1, -0.05) is 129 Å². The molecule has 0 fully saturated rings. The molecule has 0 heterocycles. The number of carbonyl (C=O) groups excluding carboxylic acids is 1. The molecule has 0 atom stereocenters. The van der Waals surface area contributed by atoms with Crippen LogP contribution in [-0.4, -0.2) is 58.8 Å². The van der Waals surface area contributed by atoms with E-state index in [0.717, 1.165) is 19.3 Å². The van der Waals surface area contributed by atoms with Gasteiger partial charge in [0.25, 0.3) is 0 Å². The summed E-state index contributed by atoms with van der Waals surface area (Å²) in [6, 6.07) is 0. The average Bonchev–Trinajstić information content (AvgIpc) is 2.90. The van der Waals surface area contributed by atoms with Crippen LogP contribution in [0.5, 0.6) is 0 Å². The molecule has 0 unspecified atom stereocenters. The first-order valence-electron chi connectivity index (χ1n) is 16.3. The summed E-state index contributed by atoms with van der Waals surface area (Å²) in [4.78, 5) is 33.3. The van der Waals surface area contributed by atoms with Crippen LogP contribution in [0.25, 0.3) is 0 Å². The zero-order valence-electron chi connectivity index (χ0n) is 25.3. The van der Waals surface area contributed by atoms with E-state index in [-0.39, 0.29) is 43.4 Å². The van der Waals surface area contributed by atoms with E-state index >= 15 is 0 Å². The molecule has 0 aliphatic heterocycles. The molecule has 7 heteroatoms. The summed E-state index contributed by atoms with van der Waals surface area (Å²) in [6.07, 6.45) is 27.1. The Labute approximate surface area is 239 Å². The predicted molar refractivity (Wildman–Crippen MR) is 156 cm³/mol. The summed E-state index contributed by atoms with van der Waals surface area (Å²) in [5.74, 6) is -3.07. The molecule has 0 aromatic carbocycles. The van der Waals surface area contributed by atoms with Gasteiger partial charge in [-0.05, 0) is 12.8 Å². The highest BCUT2D eigenvalue weighted by Crippen LogP contribution is 2.18.